The van der Waals surface area contributed by atoms with Gasteiger partial charge in [0.1, 0.15) is 0 Å². The number of likely N-dealkylation sites (N-methyl/N-ethyl adjacent to an activating group) is 1. The lowest BCUT2D eigenvalue weighted by Gasteiger charge is -2.17. The van der Waals surface area contributed by atoms with Gasteiger partial charge in [-0.1, -0.05) is 17.7 Å². The Morgan fingerprint density at radius 1 is 1.42 bits per heavy atom. The second-order valence-electron chi connectivity index (χ2n) is 4.30. The highest BCUT2D eigenvalue weighted by atomic mass is 35.5. The van der Waals surface area contributed by atoms with E-state index in [0.717, 1.165) is 6.42 Å². The van der Waals surface area contributed by atoms with Crippen LogP contribution in [0.1, 0.15) is 15.2 Å². The minimum Gasteiger partial charge on any atom is -0.399 e. The third-order valence-corrected chi connectivity index (χ3v) is 4.09. The number of thiophene rings is 1. The summed E-state index contributed by atoms with van der Waals surface area (Å²) >= 11 is 7.74. The standard InChI is InChI=1S/C14H15ClN2OS/c1-17(7-6-11-3-2-8-19-11)14(18)12-5-4-10(16)9-13(12)15/h2-5,8-9H,6-7,16H2,1H3. The molecule has 1 aromatic heterocycles. The number of hydrogen-bond acceptors (Lipinski definition) is 3. The smallest absolute Gasteiger partial charge is 0.255 e. The summed E-state index contributed by atoms with van der Waals surface area (Å²) in [6, 6.07) is 9.04. The monoisotopic (exact) mass is 294 g/mol. The van der Waals surface area contributed by atoms with Gasteiger partial charge in [-0.2, -0.15) is 0 Å². The molecule has 0 bridgehead atoms. The molecule has 1 amide bonds. The first-order valence-electron chi connectivity index (χ1n) is 5.91. The Hall–Kier alpha value is -1.52. The summed E-state index contributed by atoms with van der Waals surface area (Å²) in [5.74, 6) is -0.0819. The van der Waals surface area contributed by atoms with Gasteiger partial charge in [-0.15, -0.1) is 11.3 Å². The molecule has 0 spiro atoms. The summed E-state index contributed by atoms with van der Waals surface area (Å²) in [5.41, 5.74) is 6.67. The molecule has 0 aliphatic heterocycles. The van der Waals surface area contributed by atoms with Crippen LogP contribution in [0.3, 0.4) is 0 Å². The first-order valence-corrected chi connectivity index (χ1v) is 7.16. The van der Waals surface area contributed by atoms with Crippen LogP contribution in [0.15, 0.2) is 35.7 Å². The zero-order valence-corrected chi connectivity index (χ0v) is 12.2. The SMILES string of the molecule is CN(CCc1cccs1)C(=O)c1ccc(N)cc1Cl. The van der Waals surface area contributed by atoms with Crippen molar-refractivity contribution in [3.63, 3.8) is 0 Å². The number of hydrogen-bond donors (Lipinski definition) is 1. The van der Waals surface area contributed by atoms with E-state index in [9.17, 15) is 4.79 Å². The van der Waals surface area contributed by atoms with E-state index in [1.807, 2.05) is 11.4 Å². The van der Waals surface area contributed by atoms with Gasteiger partial charge < -0.3 is 10.6 Å². The van der Waals surface area contributed by atoms with Gasteiger partial charge in [0.05, 0.1) is 10.6 Å². The van der Waals surface area contributed by atoms with E-state index in [4.69, 9.17) is 17.3 Å². The second-order valence-corrected chi connectivity index (χ2v) is 5.73. The fraction of sp³-hybridized carbons (Fsp3) is 0.214. The van der Waals surface area contributed by atoms with Crippen molar-refractivity contribution in [3.05, 3.63) is 51.2 Å². The number of amides is 1. The van der Waals surface area contributed by atoms with Crippen molar-refractivity contribution in [2.45, 2.75) is 6.42 Å². The first kappa shape index (κ1) is 13.9. The maximum Gasteiger partial charge on any atom is 0.255 e. The molecule has 2 aromatic rings. The predicted molar refractivity (Wildman–Crippen MR) is 80.8 cm³/mol. The molecule has 0 radical (unpaired) electrons. The van der Waals surface area contributed by atoms with Gasteiger partial charge in [-0.25, -0.2) is 0 Å². The number of rotatable bonds is 4. The second kappa shape index (κ2) is 6.08. The Morgan fingerprint density at radius 2 is 2.21 bits per heavy atom. The van der Waals surface area contributed by atoms with Crippen LogP contribution in [0.5, 0.6) is 0 Å². The van der Waals surface area contributed by atoms with Crippen LogP contribution in [0, 0.1) is 0 Å². The number of nitrogens with zero attached hydrogens (tertiary/aromatic N) is 1. The van der Waals surface area contributed by atoms with E-state index in [1.54, 1.807) is 41.5 Å². The molecule has 1 heterocycles. The summed E-state index contributed by atoms with van der Waals surface area (Å²) in [5, 5.41) is 2.43. The Balaban J connectivity index is 2.02. The number of carbonyl (C=O) groups is 1. The van der Waals surface area contributed by atoms with Gasteiger partial charge in [0.25, 0.3) is 5.91 Å². The molecule has 0 aliphatic rings. The van der Waals surface area contributed by atoms with Crippen LogP contribution in [-0.2, 0) is 6.42 Å². The summed E-state index contributed by atoms with van der Waals surface area (Å²) in [4.78, 5) is 15.2. The molecule has 2 rings (SSSR count). The first-order chi connectivity index (χ1) is 9.08. The molecule has 3 nitrogen and oxygen atoms in total. The van der Waals surface area contributed by atoms with Crippen LogP contribution in [0.2, 0.25) is 5.02 Å². The van der Waals surface area contributed by atoms with E-state index in [-0.39, 0.29) is 5.91 Å². The molecule has 5 heteroatoms. The Labute approximate surface area is 121 Å². The molecule has 0 fully saturated rings. The number of benzene rings is 1. The Bertz CT molecular complexity index is 569. The van der Waals surface area contributed by atoms with Crippen molar-refractivity contribution in [3.8, 4) is 0 Å². The van der Waals surface area contributed by atoms with E-state index in [0.29, 0.717) is 22.8 Å². The number of anilines is 1. The topological polar surface area (TPSA) is 46.3 Å². The van der Waals surface area contributed by atoms with Crippen LogP contribution in [-0.4, -0.2) is 24.4 Å². The number of carbonyl (C=O) groups excluding carboxylic acids is 1. The normalized spacial score (nSPS) is 10.4. The highest BCUT2D eigenvalue weighted by molar-refractivity contribution is 7.09. The van der Waals surface area contributed by atoms with Gasteiger partial charge in [-0.3, -0.25) is 4.79 Å². The molecule has 0 aliphatic carbocycles. The third kappa shape index (κ3) is 3.49. The third-order valence-electron chi connectivity index (χ3n) is 2.84. The molecular weight excluding hydrogens is 280 g/mol. The highest BCUT2D eigenvalue weighted by Crippen LogP contribution is 2.20. The van der Waals surface area contributed by atoms with Crippen LogP contribution >= 0.6 is 22.9 Å². The molecule has 0 saturated heterocycles. The van der Waals surface area contributed by atoms with Crippen molar-refractivity contribution in [1.82, 2.24) is 4.90 Å². The van der Waals surface area contributed by atoms with Gasteiger partial charge >= 0.3 is 0 Å². The van der Waals surface area contributed by atoms with Crippen molar-refractivity contribution < 1.29 is 4.79 Å². The van der Waals surface area contributed by atoms with Crippen molar-refractivity contribution in [2.75, 3.05) is 19.3 Å². The average Bonchev–Trinajstić information content (AvgIpc) is 2.88. The summed E-state index contributed by atoms with van der Waals surface area (Å²) in [7, 11) is 1.78. The zero-order chi connectivity index (χ0) is 13.8. The Kier molecular flexibility index (Phi) is 4.45. The van der Waals surface area contributed by atoms with Crippen LogP contribution in [0.25, 0.3) is 0 Å². The van der Waals surface area contributed by atoms with E-state index in [1.165, 1.54) is 4.88 Å². The van der Waals surface area contributed by atoms with Crippen molar-refractivity contribution >= 4 is 34.5 Å². The molecule has 0 saturated carbocycles. The molecule has 19 heavy (non-hydrogen) atoms. The number of nitrogens with two attached hydrogens (primary N) is 1. The minimum absolute atomic E-state index is 0.0819. The predicted octanol–water partition coefficient (Wildman–Crippen LogP) is 3.30. The lowest BCUT2D eigenvalue weighted by Crippen LogP contribution is -2.28. The summed E-state index contributed by atoms with van der Waals surface area (Å²) < 4.78 is 0. The average molecular weight is 295 g/mol. The highest BCUT2D eigenvalue weighted by Gasteiger charge is 2.15. The van der Waals surface area contributed by atoms with Gasteiger partial charge in [0.15, 0.2) is 0 Å². The maximum absolute atomic E-state index is 12.2. The quantitative estimate of drug-likeness (QED) is 0.880. The minimum atomic E-state index is -0.0819. The maximum atomic E-state index is 12.2. The van der Waals surface area contributed by atoms with E-state index >= 15 is 0 Å². The molecular formula is C14H15ClN2OS. The molecule has 1 aromatic carbocycles. The van der Waals surface area contributed by atoms with Crippen LogP contribution < -0.4 is 5.73 Å². The summed E-state index contributed by atoms with van der Waals surface area (Å²) in [6.45, 7) is 0.667. The molecule has 0 unspecified atom stereocenters. The van der Waals surface area contributed by atoms with Gasteiger partial charge in [0.2, 0.25) is 0 Å². The van der Waals surface area contributed by atoms with E-state index < -0.39 is 0 Å². The van der Waals surface area contributed by atoms with Gasteiger partial charge in [0, 0.05) is 24.2 Å². The molecule has 100 valence electrons. The number of nitrogen functional groups attached to an aromatic ring is 1. The Morgan fingerprint density at radius 3 is 2.84 bits per heavy atom. The summed E-state index contributed by atoms with van der Waals surface area (Å²) in [6.07, 6.45) is 0.854. The van der Waals surface area contributed by atoms with E-state index in [2.05, 4.69) is 6.07 Å². The lowest BCUT2D eigenvalue weighted by atomic mass is 10.2. The fourth-order valence-electron chi connectivity index (χ4n) is 1.74. The van der Waals surface area contributed by atoms with Crippen molar-refractivity contribution in [2.24, 2.45) is 0 Å². The largest absolute Gasteiger partial charge is 0.399 e. The molecule has 2 N–H and O–H groups in total. The zero-order valence-electron chi connectivity index (χ0n) is 10.6. The van der Waals surface area contributed by atoms with Crippen LogP contribution in [0.4, 0.5) is 5.69 Å². The van der Waals surface area contributed by atoms with Crippen molar-refractivity contribution in [1.29, 1.82) is 0 Å². The van der Waals surface area contributed by atoms with Gasteiger partial charge in [-0.05, 0) is 36.1 Å². The molecule has 0 atom stereocenters. The number of halogens is 1. The lowest BCUT2D eigenvalue weighted by molar-refractivity contribution is 0.0797. The fourth-order valence-corrected chi connectivity index (χ4v) is 2.71.